The van der Waals surface area contributed by atoms with Crippen molar-refractivity contribution in [1.29, 1.82) is 0 Å². The molecule has 0 spiro atoms. The molecule has 1 N–H and O–H groups in total. The first-order valence-electron chi connectivity index (χ1n) is 10.3. The number of hydrogen-bond donors (Lipinski definition) is 1. The number of aliphatic hydroxyl groups excluding tert-OH is 1. The monoisotopic (exact) mass is 324 g/mol. The Balaban J connectivity index is 1.70. The number of aliphatic hydroxyl groups is 1. The maximum absolute atomic E-state index is 9.11. The predicted molar refractivity (Wildman–Crippen MR) is 99.8 cm³/mol. The smallest absolute Gasteiger partial charge is 0.133 e. The van der Waals surface area contributed by atoms with Crippen LogP contribution in [0.2, 0.25) is 0 Å². The van der Waals surface area contributed by atoms with Gasteiger partial charge in [-0.15, -0.1) is 0 Å². The van der Waals surface area contributed by atoms with E-state index in [1.165, 1.54) is 89.9 Å². The zero-order chi connectivity index (χ0) is 16.6. The quantitative estimate of drug-likeness (QED) is 0.197. The summed E-state index contributed by atoms with van der Waals surface area (Å²) in [4.78, 5) is 0. The van der Waals surface area contributed by atoms with Gasteiger partial charge < -0.3 is 9.84 Å². The van der Waals surface area contributed by atoms with Crippen molar-refractivity contribution in [2.24, 2.45) is 0 Å². The highest BCUT2D eigenvalue weighted by Crippen LogP contribution is 2.27. The van der Waals surface area contributed by atoms with Gasteiger partial charge in [0.2, 0.25) is 0 Å². The summed E-state index contributed by atoms with van der Waals surface area (Å²) >= 11 is 0. The molecule has 1 aliphatic rings. The van der Waals surface area contributed by atoms with E-state index >= 15 is 0 Å². The van der Waals surface area contributed by atoms with Crippen molar-refractivity contribution in [1.82, 2.24) is 0 Å². The summed E-state index contributed by atoms with van der Waals surface area (Å²) in [5.41, 5.74) is -0.296. The van der Waals surface area contributed by atoms with Crippen molar-refractivity contribution >= 4 is 0 Å². The van der Waals surface area contributed by atoms with E-state index in [-0.39, 0.29) is 12.2 Å². The van der Waals surface area contributed by atoms with Crippen LogP contribution in [-0.2, 0) is 4.74 Å². The molecule has 1 aliphatic heterocycles. The first-order valence-corrected chi connectivity index (χ1v) is 10.3. The molecule has 0 amide bonds. The third-order valence-corrected chi connectivity index (χ3v) is 4.93. The predicted octanol–water partition coefficient (Wildman–Crippen LogP) is 6.18. The highest BCUT2D eigenvalue weighted by molar-refractivity contribution is 5.10. The molecule has 0 aromatic carbocycles. The Labute approximate surface area is 144 Å². The van der Waals surface area contributed by atoms with Gasteiger partial charge in [-0.2, -0.15) is 0 Å². The Bertz CT molecular complexity index is 282. The van der Waals surface area contributed by atoms with Gasteiger partial charge in [-0.1, -0.05) is 103 Å². The minimum atomic E-state index is -0.296. The largest absolute Gasteiger partial charge is 0.393 e. The molecule has 0 aliphatic carbocycles. The topological polar surface area (TPSA) is 32.8 Å². The van der Waals surface area contributed by atoms with Gasteiger partial charge in [-0.25, -0.2) is 0 Å². The van der Waals surface area contributed by atoms with Gasteiger partial charge >= 0.3 is 0 Å². The minimum absolute atomic E-state index is 0.127. The van der Waals surface area contributed by atoms with E-state index in [0.717, 1.165) is 6.42 Å². The molecule has 1 heterocycles. The van der Waals surface area contributed by atoms with Crippen LogP contribution in [0.25, 0.3) is 0 Å². The second kappa shape index (κ2) is 14.0. The van der Waals surface area contributed by atoms with Crippen molar-refractivity contribution in [3.8, 4) is 0 Å². The Morgan fingerprint density at radius 2 is 1.22 bits per heavy atom. The van der Waals surface area contributed by atoms with Gasteiger partial charge in [0.15, 0.2) is 0 Å². The molecule has 0 unspecified atom stereocenters. The number of epoxide rings is 1. The van der Waals surface area contributed by atoms with Gasteiger partial charge in [-0.05, 0) is 12.8 Å². The average Bonchev–Trinajstić information content (AvgIpc) is 3.35. The molecule has 23 heavy (non-hydrogen) atoms. The molecule has 0 aromatic heterocycles. The Morgan fingerprint density at radius 3 is 1.61 bits per heavy atom. The van der Waals surface area contributed by atoms with Crippen LogP contribution in [0.5, 0.6) is 0 Å². The fourth-order valence-corrected chi connectivity index (χ4v) is 3.09. The molecular weight excluding hydrogens is 284 g/mol. The highest BCUT2D eigenvalue weighted by Gasteiger charge is 2.41. The standard InChI is InChI=1S/C21H40O2/c1-2-3-4-5-6-7-8-9-10-11-12-13-14-15-16-17-18-21(19-22)20-23-21/h17-18,22H,2-16,19-20H2,1H3/b18-17+/t21-/m1/s1. The van der Waals surface area contributed by atoms with Crippen molar-refractivity contribution < 1.29 is 9.84 Å². The second-order valence-corrected chi connectivity index (χ2v) is 7.30. The van der Waals surface area contributed by atoms with Crippen LogP contribution in [0.15, 0.2) is 12.2 Å². The summed E-state index contributed by atoms with van der Waals surface area (Å²) in [6.45, 7) is 3.10. The summed E-state index contributed by atoms with van der Waals surface area (Å²) in [6, 6.07) is 0. The van der Waals surface area contributed by atoms with E-state index in [1.807, 2.05) is 0 Å². The fourth-order valence-electron chi connectivity index (χ4n) is 3.09. The zero-order valence-corrected chi connectivity index (χ0v) is 15.5. The van der Waals surface area contributed by atoms with E-state index in [4.69, 9.17) is 9.84 Å². The van der Waals surface area contributed by atoms with Gasteiger partial charge in [0.25, 0.3) is 0 Å². The number of ether oxygens (including phenoxy) is 1. The van der Waals surface area contributed by atoms with Crippen LogP contribution in [0, 0.1) is 0 Å². The minimum Gasteiger partial charge on any atom is -0.393 e. The molecule has 2 heteroatoms. The van der Waals surface area contributed by atoms with E-state index in [1.54, 1.807) is 0 Å². The molecule has 0 bridgehead atoms. The third-order valence-electron chi connectivity index (χ3n) is 4.93. The molecule has 2 nitrogen and oxygen atoms in total. The molecule has 1 saturated heterocycles. The zero-order valence-electron chi connectivity index (χ0n) is 15.5. The second-order valence-electron chi connectivity index (χ2n) is 7.30. The molecular formula is C21H40O2. The molecule has 136 valence electrons. The van der Waals surface area contributed by atoms with Crippen LogP contribution in [0.3, 0.4) is 0 Å². The number of allylic oxidation sites excluding steroid dienone is 1. The lowest BCUT2D eigenvalue weighted by molar-refractivity contribution is 0.203. The van der Waals surface area contributed by atoms with Crippen molar-refractivity contribution in [2.45, 2.75) is 109 Å². The average molecular weight is 325 g/mol. The number of hydrogen-bond acceptors (Lipinski definition) is 2. The van der Waals surface area contributed by atoms with Gasteiger partial charge in [-0.3, -0.25) is 0 Å². The fraction of sp³-hybridized carbons (Fsp3) is 0.905. The molecule has 1 fully saturated rings. The maximum Gasteiger partial charge on any atom is 0.133 e. The van der Waals surface area contributed by atoms with Crippen LogP contribution in [0.1, 0.15) is 103 Å². The van der Waals surface area contributed by atoms with Gasteiger partial charge in [0.05, 0.1) is 13.2 Å². The van der Waals surface area contributed by atoms with Gasteiger partial charge in [0.1, 0.15) is 5.60 Å². The molecule has 0 saturated carbocycles. The third kappa shape index (κ3) is 11.8. The van der Waals surface area contributed by atoms with Crippen molar-refractivity contribution in [2.75, 3.05) is 13.2 Å². The molecule has 1 atom stereocenters. The van der Waals surface area contributed by atoms with Crippen LogP contribution in [0.4, 0.5) is 0 Å². The van der Waals surface area contributed by atoms with E-state index < -0.39 is 0 Å². The molecule has 0 aromatic rings. The van der Waals surface area contributed by atoms with Crippen molar-refractivity contribution in [3.63, 3.8) is 0 Å². The van der Waals surface area contributed by atoms with Crippen molar-refractivity contribution in [3.05, 3.63) is 12.2 Å². The normalized spacial score (nSPS) is 20.4. The summed E-state index contributed by atoms with van der Waals surface area (Å²) < 4.78 is 5.23. The molecule has 1 rings (SSSR count). The Morgan fingerprint density at radius 1 is 0.783 bits per heavy atom. The summed E-state index contributed by atoms with van der Waals surface area (Å²) in [6.07, 6.45) is 25.1. The number of unbranched alkanes of at least 4 members (excludes halogenated alkanes) is 14. The lowest BCUT2D eigenvalue weighted by atomic mass is 10.0. The first kappa shape index (κ1) is 20.7. The highest BCUT2D eigenvalue weighted by atomic mass is 16.6. The van der Waals surface area contributed by atoms with Crippen LogP contribution >= 0.6 is 0 Å². The van der Waals surface area contributed by atoms with Crippen LogP contribution < -0.4 is 0 Å². The summed E-state index contributed by atoms with van der Waals surface area (Å²) in [7, 11) is 0. The summed E-state index contributed by atoms with van der Waals surface area (Å²) in [5, 5.41) is 9.11. The van der Waals surface area contributed by atoms with Crippen LogP contribution in [-0.4, -0.2) is 23.9 Å². The SMILES string of the molecule is CCCCCCCCCCCCCCCC/C=C/[C@@]1(CO)CO1. The first-order chi connectivity index (χ1) is 11.3. The van der Waals surface area contributed by atoms with E-state index in [0.29, 0.717) is 6.61 Å². The lowest BCUT2D eigenvalue weighted by Gasteiger charge is -2.03. The summed E-state index contributed by atoms with van der Waals surface area (Å²) in [5.74, 6) is 0. The number of rotatable bonds is 17. The molecule has 0 radical (unpaired) electrons. The maximum atomic E-state index is 9.11. The van der Waals surface area contributed by atoms with E-state index in [9.17, 15) is 0 Å². The van der Waals surface area contributed by atoms with Gasteiger partial charge in [0, 0.05) is 0 Å². The van der Waals surface area contributed by atoms with E-state index in [2.05, 4.69) is 19.1 Å². The lowest BCUT2D eigenvalue weighted by Crippen LogP contribution is -2.12. The Kier molecular flexibility index (Phi) is 12.6. The Hall–Kier alpha value is -0.340.